The summed E-state index contributed by atoms with van der Waals surface area (Å²) < 4.78 is 0. The van der Waals surface area contributed by atoms with Crippen LogP contribution >= 0.6 is 0 Å². The molecule has 0 aromatic heterocycles. The topological polar surface area (TPSA) is 40.6 Å². The van der Waals surface area contributed by atoms with Gasteiger partial charge in [-0.1, -0.05) is 37.5 Å². The van der Waals surface area contributed by atoms with Crippen LogP contribution in [-0.4, -0.2) is 36.9 Å². The maximum atomic E-state index is 10.6. The van der Waals surface area contributed by atoms with Crippen molar-refractivity contribution in [3.63, 3.8) is 0 Å². The number of carbonyl (C=O) groups is 2. The van der Waals surface area contributed by atoms with E-state index in [1.807, 2.05) is 49.1 Å². The molecule has 2 amide bonds. The molecule has 2 rings (SSSR count). The van der Waals surface area contributed by atoms with E-state index in [9.17, 15) is 9.59 Å². The molecule has 122 valence electrons. The van der Waals surface area contributed by atoms with Crippen LogP contribution in [0.1, 0.15) is 46.0 Å². The minimum absolute atomic E-state index is 0.547. The third-order valence-electron chi connectivity index (χ3n) is 4.10. The van der Waals surface area contributed by atoms with Gasteiger partial charge in [-0.15, -0.1) is 0 Å². The number of anilines is 1. The van der Waals surface area contributed by atoms with Gasteiger partial charge in [0.1, 0.15) is 0 Å². The summed E-state index contributed by atoms with van der Waals surface area (Å²) in [5.74, 6) is 0. The first-order chi connectivity index (χ1) is 10.8. The highest BCUT2D eigenvalue weighted by atomic mass is 16.1. The third kappa shape index (κ3) is 5.88. The zero-order valence-corrected chi connectivity index (χ0v) is 13.8. The van der Waals surface area contributed by atoms with Crippen molar-refractivity contribution in [2.24, 2.45) is 0 Å². The second kappa shape index (κ2) is 10.8. The molecule has 0 atom stereocenters. The van der Waals surface area contributed by atoms with Crippen molar-refractivity contribution < 1.29 is 9.59 Å². The molecule has 1 saturated carbocycles. The van der Waals surface area contributed by atoms with E-state index in [4.69, 9.17) is 0 Å². The Morgan fingerprint density at radius 2 is 1.59 bits per heavy atom. The summed E-state index contributed by atoms with van der Waals surface area (Å²) >= 11 is 0. The van der Waals surface area contributed by atoms with Gasteiger partial charge < -0.3 is 9.80 Å². The molecule has 1 aromatic rings. The van der Waals surface area contributed by atoms with Gasteiger partial charge >= 0.3 is 0 Å². The van der Waals surface area contributed by atoms with Crippen LogP contribution in [0, 0.1) is 0 Å². The van der Waals surface area contributed by atoms with E-state index in [2.05, 4.69) is 0 Å². The van der Waals surface area contributed by atoms with Gasteiger partial charge in [-0.2, -0.15) is 0 Å². The fraction of sp³-hybridized carbons (Fsp3) is 0.556. The van der Waals surface area contributed by atoms with E-state index in [0.29, 0.717) is 12.6 Å². The summed E-state index contributed by atoms with van der Waals surface area (Å²) in [4.78, 5) is 24.6. The Hall–Kier alpha value is -1.84. The molecule has 22 heavy (non-hydrogen) atoms. The molecule has 0 saturated heterocycles. The van der Waals surface area contributed by atoms with Crippen LogP contribution in [-0.2, 0) is 9.59 Å². The number of benzene rings is 1. The lowest BCUT2D eigenvalue weighted by molar-refractivity contribution is -0.120. The van der Waals surface area contributed by atoms with Gasteiger partial charge in [0.15, 0.2) is 0 Å². The highest BCUT2D eigenvalue weighted by Gasteiger charge is 2.17. The fourth-order valence-corrected chi connectivity index (χ4v) is 2.77. The van der Waals surface area contributed by atoms with Crippen LogP contribution < -0.4 is 4.90 Å². The van der Waals surface area contributed by atoms with Gasteiger partial charge in [0.05, 0.1) is 0 Å². The zero-order valence-electron chi connectivity index (χ0n) is 13.8. The molecule has 4 heteroatoms. The predicted octanol–water partition coefficient (Wildman–Crippen LogP) is 3.47. The molecular weight excluding hydrogens is 276 g/mol. The smallest absolute Gasteiger partial charge is 0.214 e. The molecule has 0 radical (unpaired) electrons. The van der Waals surface area contributed by atoms with Crippen molar-refractivity contribution in [2.75, 3.05) is 18.0 Å². The number of carbonyl (C=O) groups excluding carboxylic acids is 2. The predicted molar refractivity (Wildman–Crippen MR) is 90.8 cm³/mol. The first kappa shape index (κ1) is 18.2. The van der Waals surface area contributed by atoms with Crippen LogP contribution in [0.4, 0.5) is 5.69 Å². The Kier molecular flexibility index (Phi) is 8.96. The van der Waals surface area contributed by atoms with Gasteiger partial charge in [-0.25, -0.2) is 0 Å². The Balaban J connectivity index is 0.000000220. The molecule has 1 aliphatic rings. The lowest BCUT2D eigenvalue weighted by atomic mass is 9.94. The quantitative estimate of drug-likeness (QED) is 0.755. The van der Waals surface area contributed by atoms with Crippen molar-refractivity contribution in [1.82, 2.24) is 4.90 Å². The normalized spacial score (nSPS) is 14.5. The fourth-order valence-electron chi connectivity index (χ4n) is 2.77. The first-order valence-corrected chi connectivity index (χ1v) is 8.24. The summed E-state index contributed by atoms with van der Waals surface area (Å²) in [6, 6.07) is 10.1. The van der Waals surface area contributed by atoms with Gasteiger partial charge in [-0.3, -0.25) is 9.59 Å². The van der Waals surface area contributed by atoms with Crippen molar-refractivity contribution in [1.29, 1.82) is 0 Å². The number of hydrogen-bond donors (Lipinski definition) is 0. The minimum atomic E-state index is 0.547. The Morgan fingerprint density at radius 3 is 2.05 bits per heavy atom. The van der Waals surface area contributed by atoms with Crippen molar-refractivity contribution in [2.45, 2.75) is 52.0 Å². The van der Waals surface area contributed by atoms with E-state index in [-0.39, 0.29) is 0 Å². The lowest BCUT2D eigenvalue weighted by Gasteiger charge is -2.30. The molecule has 0 N–H and O–H groups in total. The zero-order chi connectivity index (χ0) is 16.2. The van der Waals surface area contributed by atoms with Crippen LogP contribution in [0.2, 0.25) is 0 Å². The van der Waals surface area contributed by atoms with Gasteiger partial charge in [0.2, 0.25) is 12.8 Å². The van der Waals surface area contributed by atoms with Crippen LogP contribution in [0.5, 0.6) is 0 Å². The molecule has 0 bridgehead atoms. The lowest BCUT2D eigenvalue weighted by Crippen LogP contribution is -2.35. The Labute approximate surface area is 134 Å². The first-order valence-electron chi connectivity index (χ1n) is 8.24. The summed E-state index contributed by atoms with van der Waals surface area (Å²) in [5, 5.41) is 0. The molecule has 1 aromatic carbocycles. The third-order valence-corrected chi connectivity index (χ3v) is 4.10. The van der Waals surface area contributed by atoms with E-state index in [1.165, 1.54) is 32.1 Å². The summed E-state index contributed by atoms with van der Waals surface area (Å²) in [6.45, 7) is 5.58. The van der Waals surface area contributed by atoms with E-state index < -0.39 is 0 Å². The summed E-state index contributed by atoms with van der Waals surface area (Å²) in [6.07, 6.45) is 8.22. The minimum Gasteiger partial charge on any atom is -0.343 e. The van der Waals surface area contributed by atoms with Crippen molar-refractivity contribution in [3.8, 4) is 0 Å². The van der Waals surface area contributed by atoms with Crippen LogP contribution in [0.3, 0.4) is 0 Å². The number of rotatable bonds is 6. The molecule has 1 aliphatic carbocycles. The Bertz CT molecular complexity index is 416. The molecule has 0 unspecified atom stereocenters. The van der Waals surface area contributed by atoms with Crippen LogP contribution in [0.15, 0.2) is 30.3 Å². The van der Waals surface area contributed by atoms with Crippen molar-refractivity contribution >= 4 is 18.5 Å². The van der Waals surface area contributed by atoms with Gasteiger partial charge in [-0.05, 0) is 38.8 Å². The van der Waals surface area contributed by atoms with Gasteiger partial charge in [0.25, 0.3) is 0 Å². The summed E-state index contributed by atoms with van der Waals surface area (Å²) in [7, 11) is 0. The monoisotopic (exact) mass is 304 g/mol. The number of amides is 2. The van der Waals surface area contributed by atoms with E-state index in [1.54, 1.807) is 4.90 Å². The van der Waals surface area contributed by atoms with Gasteiger partial charge in [0, 0.05) is 24.8 Å². The van der Waals surface area contributed by atoms with E-state index >= 15 is 0 Å². The van der Waals surface area contributed by atoms with Crippen molar-refractivity contribution in [3.05, 3.63) is 30.3 Å². The highest BCUT2D eigenvalue weighted by Crippen LogP contribution is 2.21. The SMILES string of the molecule is CCN(C=O)C1CCCCC1.CCN(C=O)c1ccccc1. The van der Waals surface area contributed by atoms with Crippen LogP contribution in [0.25, 0.3) is 0 Å². The molecule has 0 aliphatic heterocycles. The molecule has 1 fully saturated rings. The maximum absolute atomic E-state index is 10.6. The molecular formula is C18H28N2O2. The molecule has 0 heterocycles. The largest absolute Gasteiger partial charge is 0.343 e. The standard InChI is InChI=1S/C9H17NO.C9H11NO/c2*1-2-10(8-11)9-6-4-3-5-7-9/h8-9H,2-7H2,1H3;3-8H,2H2,1H3. The number of nitrogens with zero attached hydrogens (tertiary/aromatic N) is 2. The molecule has 4 nitrogen and oxygen atoms in total. The highest BCUT2D eigenvalue weighted by molar-refractivity contribution is 5.74. The average molecular weight is 304 g/mol. The summed E-state index contributed by atoms with van der Waals surface area (Å²) in [5.41, 5.74) is 0.949. The molecule has 0 spiro atoms. The number of hydrogen-bond acceptors (Lipinski definition) is 2. The number of para-hydroxylation sites is 1. The maximum Gasteiger partial charge on any atom is 0.214 e. The second-order valence-corrected chi connectivity index (χ2v) is 5.45. The second-order valence-electron chi connectivity index (χ2n) is 5.45. The average Bonchev–Trinajstić information content (AvgIpc) is 2.60. The van der Waals surface area contributed by atoms with E-state index in [0.717, 1.165) is 25.1 Å². The Morgan fingerprint density at radius 1 is 0.955 bits per heavy atom.